The van der Waals surface area contributed by atoms with Gasteiger partial charge in [-0.2, -0.15) is 0 Å². The number of hydrogen-bond acceptors (Lipinski definition) is 4. The van der Waals surface area contributed by atoms with Crippen LogP contribution in [0.15, 0.2) is 60.7 Å². The highest BCUT2D eigenvalue weighted by Crippen LogP contribution is 2.39. The van der Waals surface area contributed by atoms with Crippen LogP contribution in [0, 0.1) is 0 Å². The quantitative estimate of drug-likeness (QED) is 0.183. The first-order chi connectivity index (χ1) is 19.3. The molecule has 8 heteroatoms. The van der Waals surface area contributed by atoms with Crippen LogP contribution in [-0.4, -0.2) is 23.1 Å². The van der Waals surface area contributed by atoms with Crippen molar-refractivity contribution >= 4 is 29.0 Å². The Bertz CT molecular complexity index is 1370. The molecule has 0 bridgehead atoms. The molecule has 0 heterocycles. The Hall–Kier alpha value is -4.04. The van der Waals surface area contributed by atoms with Gasteiger partial charge in [0.25, 0.3) is 5.91 Å². The van der Waals surface area contributed by atoms with E-state index in [4.69, 9.17) is 10.5 Å². The molecule has 3 aromatic rings. The van der Waals surface area contributed by atoms with Gasteiger partial charge in [-0.3, -0.25) is 4.79 Å². The summed E-state index contributed by atoms with van der Waals surface area (Å²) in [4.78, 5) is 25.4. The molecule has 1 unspecified atom stereocenters. The summed E-state index contributed by atoms with van der Waals surface area (Å²) < 4.78 is 6.19. The second-order valence-corrected chi connectivity index (χ2v) is 11.6. The van der Waals surface area contributed by atoms with E-state index in [9.17, 15) is 14.7 Å². The van der Waals surface area contributed by atoms with Crippen LogP contribution in [0.5, 0.6) is 11.5 Å². The molecule has 218 valence electrons. The Balaban J connectivity index is 1.68. The second kappa shape index (κ2) is 13.1. The number of benzene rings is 3. The van der Waals surface area contributed by atoms with Gasteiger partial charge in [0, 0.05) is 23.0 Å². The summed E-state index contributed by atoms with van der Waals surface area (Å²) in [5.74, 6) is 0.102. The van der Waals surface area contributed by atoms with Crippen molar-refractivity contribution in [1.29, 1.82) is 0 Å². The van der Waals surface area contributed by atoms with Gasteiger partial charge in [-0.1, -0.05) is 65.8 Å². The topological polar surface area (TPSA) is 122 Å². The van der Waals surface area contributed by atoms with Crippen molar-refractivity contribution in [3.8, 4) is 11.5 Å². The lowest BCUT2D eigenvalue weighted by atomic mass is 9.76. The fourth-order valence-corrected chi connectivity index (χ4v) is 4.16. The predicted octanol–water partition coefficient (Wildman–Crippen LogP) is 7.39. The molecule has 3 rings (SSSR count). The molecule has 3 aromatic carbocycles. The summed E-state index contributed by atoms with van der Waals surface area (Å²) in [5.41, 5.74) is 13.1. The SMILES string of the molecule is CCC(C)(C)c1ccc(OC(C)C(=O)Nc2ccc(NC(=O)Nc3ccc(C[N])cc3)c(O)c2)c(C(C)(C)CC)c1. The largest absolute Gasteiger partial charge is 0.506 e. The van der Waals surface area contributed by atoms with Crippen LogP contribution in [-0.2, 0) is 22.2 Å². The highest BCUT2D eigenvalue weighted by molar-refractivity contribution is 6.01. The van der Waals surface area contributed by atoms with E-state index in [0.717, 1.165) is 24.0 Å². The van der Waals surface area contributed by atoms with Crippen molar-refractivity contribution in [1.82, 2.24) is 5.73 Å². The van der Waals surface area contributed by atoms with Crippen LogP contribution in [0.1, 0.15) is 78.0 Å². The number of hydrogen-bond donors (Lipinski definition) is 4. The highest BCUT2D eigenvalue weighted by atomic mass is 16.5. The van der Waals surface area contributed by atoms with Gasteiger partial charge in [0.2, 0.25) is 0 Å². The Morgan fingerprint density at radius 1 is 0.854 bits per heavy atom. The van der Waals surface area contributed by atoms with Crippen LogP contribution >= 0.6 is 0 Å². The minimum absolute atomic E-state index is 0.0235. The number of amides is 3. The van der Waals surface area contributed by atoms with Gasteiger partial charge in [0.05, 0.1) is 12.2 Å². The summed E-state index contributed by atoms with van der Waals surface area (Å²) in [6, 6.07) is 16.9. The van der Waals surface area contributed by atoms with E-state index >= 15 is 0 Å². The minimum atomic E-state index is -0.797. The molecule has 0 aliphatic rings. The fourth-order valence-electron chi connectivity index (χ4n) is 4.16. The number of ether oxygens (including phenoxy) is 1. The van der Waals surface area contributed by atoms with E-state index in [2.05, 4.69) is 69.6 Å². The zero-order valence-corrected chi connectivity index (χ0v) is 25.1. The lowest BCUT2D eigenvalue weighted by Crippen LogP contribution is -2.31. The van der Waals surface area contributed by atoms with Crippen molar-refractivity contribution in [3.63, 3.8) is 0 Å². The van der Waals surface area contributed by atoms with Gasteiger partial charge in [0.15, 0.2) is 6.10 Å². The standard InChI is InChI=1S/C33H42N4O4/c1-8-32(4,5)23-12-17-29(26(18-23)33(6,7)9-2)41-21(3)30(39)35-25-15-16-27(28(38)19-25)37-31(40)36-24-13-10-22(20-34)11-14-24/h10-19,21,38H,8-9,20H2,1-7H3,(H,35,39)(H2,36,37,40). The number of carbonyl (C=O) groups is 2. The smallest absolute Gasteiger partial charge is 0.323 e. The molecule has 2 radical (unpaired) electrons. The summed E-state index contributed by atoms with van der Waals surface area (Å²) in [5, 5.41) is 18.5. The van der Waals surface area contributed by atoms with E-state index in [1.54, 1.807) is 37.3 Å². The summed E-state index contributed by atoms with van der Waals surface area (Å²) in [7, 11) is 0. The van der Waals surface area contributed by atoms with Gasteiger partial charge in [-0.25, -0.2) is 4.79 Å². The number of anilines is 3. The fraction of sp³-hybridized carbons (Fsp3) is 0.394. The van der Waals surface area contributed by atoms with Gasteiger partial charge in [-0.15, -0.1) is 5.73 Å². The highest BCUT2D eigenvalue weighted by Gasteiger charge is 2.28. The monoisotopic (exact) mass is 558 g/mol. The molecule has 0 spiro atoms. The van der Waals surface area contributed by atoms with Crippen molar-refractivity contribution in [2.24, 2.45) is 0 Å². The molecule has 0 saturated carbocycles. The van der Waals surface area contributed by atoms with E-state index in [0.29, 0.717) is 17.1 Å². The van der Waals surface area contributed by atoms with Crippen molar-refractivity contribution in [2.75, 3.05) is 16.0 Å². The van der Waals surface area contributed by atoms with Crippen LogP contribution in [0.2, 0.25) is 0 Å². The minimum Gasteiger partial charge on any atom is -0.506 e. The van der Waals surface area contributed by atoms with Gasteiger partial charge >= 0.3 is 6.03 Å². The number of nitrogens with zero attached hydrogens (tertiary/aromatic N) is 1. The Morgan fingerprint density at radius 3 is 2.07 bits per heavy atom. The molecule has 0 aliphatic heterocycles. The molecule has 1 atom stereocenters. The maximum absolute atomic E-state index is 13.0. The van der Waals surface area contributed by atoms with Crippen molar-refractivity contribution in [3.05, 3.63) is 77.4 Å². The van der Waals surface area contributed by atoms with E-state index < -0.39 is 12.1 Å². The first kappa shape index (κ1) is 31.5. The first-order valence-electron chi connectivity index (χ1n) is 14.0. The number of nitrogens with one attached hydrogen (secondary N) is 3. The maximum atomic E-state index is 13.0. The van der Waals surface area contributed by atoms with Crippen LogP contribution in [0.25, 0.3) is 0 Å². The van der Waals surface area contributed by atoms with Gasteiger partial charge < -0.3 is 25.8 Å². The van der Waals surface area contributed by atoms with Crippen LogP contribution in [0.3, 0.4) is 0 Å². The van der Waals surface area contributed by atoms with Gasteiger partial charge in [0.1, 0.15) is 11.5 Å². The molecule has 0 fully saturated rings. The summed E-state index contributed by atoms with van der Waals surface area (Å²) in [6.07, 6.45) is 1.12. The molecule has 8 nitrogen and oxygen atoms in total. The number of urea groups is 1. The number of carbonyl (C=O) groups excluding carboxylic acids is 2. The Kier molecular flexibility index (Phi) is 10.0. The third-order valence-corrected chi connectivity index (χ3v) is 7.84. The average molecular weight is 559 g/mol. The number of phenols is 1. The zero-order chi connectivity index (χ0) is 30.4. The molecule has 4 N–H and O–H groups in total. The molecule has 0 saturated heterocycles. The summed E-state index contributed by atoms with van der Waals surface area (Å²) in [6.45, 7) is 14.7. The average Bonchev–Trinajstić information content (AvgIpc) is 2.94. The molecular formula is C33H42N4O4. The number of rotatable bonds is 11. The maximum Gasteiger partial charge on any atom is 0.323 e. The third-order valence-electron chi connectivity index (χ3n) is 7.84. The van der Waals surface area contributed by atoms with E-state index in [-0.39, 0.29) is 34.7 Å². The molecular weight excluding hydrogens is 516 g/mol. The van der Waals surface area contributed by atoms with E-state index in [1.165, 1.54) is 17.7 Å². The van der Waals surface area contributed by atoms with Crippen molar-refractivity contribution in [2.45, 2.75) is 84.8 Å². The lowest BCUT2D eigenvalue weighted by Gasteiger charge is -2.31. The van der Waals surface area contributed by atoms with Crippen LogP contribution in [0.4, 0.5) is 21.9 Å². The van der Waals surface area contributed by atoms with Crippen molar-refractivity contribution < 1.29 is 19.4 Å². The summed E-state index contributed by atoms with van der Waals surface area (Å²) >= 11 is 0. The van der Waals surface area contributed by atoms with E-state index in [1.807, 2.05) is 6.07 Å². The first-order valence-corrected chi connectivity index (χ1v) is 14.0. The number of aromatic hydroxyl groups is 1. The normalized spacial score (nSPS) is 12.4. The third kappa shape index (κ3) is 8.01. The zero-order valence-electron chi connectivity index (χ0n) is 25.1. The Morgan fingerprint density at radius 2 is 1.49 bits per heavy atom. The lowest BCUT2D eigenvalue weighted by molar-refractivity contribution is -0.122. The second-order valence-electron chi connectivity index (χ2n) is 11.6. The molecule has 0 aromatic heterocycles. The molecule has 41 heavy (non-hydrogen) atoms. The predicted molar refractivity (Wildman–Crippen MR) is 165 cm³/mol. The molecule has 3 amide bonds. The molecule has 0 aliphatic carbocycles. The van der Waals surface area contributed by atoms with Gasteiger partial charge in [-0.05, 0) is 72.1 Å². The van der Waals surface area contributed by atoms with Crippen LogP contribution < -0.4 is 26.4 Å². The Labute approximate surface area is 243 Å². The number of phenolic OH excluding ortho intramolecular Hbond substituents is 1.